The largest absolute Gasteiger partial charge is 0.436 e. The third-order valence-corrected chi connectivity index (χ3v) is 4.74. The van der Waals surface area contributed by atoms with E-state index in [1.807, 2.05) is 0 Å². The zero-order valence-corrected chi connectivity index (χ0v) is 13.9. The standard InChI is InChI=1S/C17H22N4O3/c1-19-4-6-20(7-5-19)15-12-14(22)13-2-3-18-17(16(13)24-15)21-8-10-23-11-9-21/h2-3,12H,4-11H2,1H3. The fourth-order valence-corrected chi connectivity index (χ4v) is 3.24. The number of anilines is 2. The number of piperazine rings is 1. The Morgan fingerprint density at radius 3 is 2.54 bits per heavy atom. The molecular formula is C17H22N4O3. The van der Waals surface area contributed by atoms with Crippen molar-refractivity contribution in [2.75, 3.05) is 69.3 Å². The molecule has 0 amide bonds. The molecule has 2 aliphatic rings. The van der Waals surface area contributed by atoms with E-state index in [-0.39, 0.29) is 5.43 Å². The van der Waals surface area contributed by atoms with E-state index < -0.39 is 0 Å². The molecule has 4 rings (SSSR count). The molecular weight excluding hydrogens is 308 g/mol. The van der Waals surface area contributed by atoms with Crippen molar-refractivity contribution in [2.24, 2.45) is 0 Å². The second-order valence-corrected chi connectivity index (χ2v) is 6.35. The van der Waals surface area contributed by atoms with E-state index in [1.54, 1.807) is 18.3 Å². The second-order valence-electron chi connectivity index (χ2n) is 6.35. The van der Waals surface area contributed by atoms with Crippen LogP contribution in [0.1, 0.15) is 0 Å². The lowest BCUT2D eigenvalue weighted by atomic mass is 10.2. The Morgan fingerprint density at radius 1 is 1.04 bits per heavy atom. The number of ether oxygens (including phenoxy) is 1. The molecule has 0 radical (unpaired) electrons. The van der Waals surface area contributed by atoms with Crippen LogP contribution >= 0.6 is 0 Å². The second kappa shape index (κ2) is 6.41. The average Bonchev–Trinajstić information content (AvgIpc) is 2.62. The van der Waals surface area contributed by atoms with Crippen molar-refractivity contribution in [3.05, 3.63) is 28.6 Å². The number of rotatable bonds is 2. The first-order chi connectivity index (χ1) is 11.7. The molecule has 24 heavy (non-hydrogen) atoms. The van der Waals surface area contributed by atoms with Crippen LogP contribution in [0.15, 0.2) is 27.5 Å². The molecule has 2 saturated heterocycles. The summed E-state index contributed by atoms with van der Waals surface area (Å²) in [5.74, 6) is 1.38. The number of pyridine rings is 1. The van der Waals surface area contributed by atoms with Crippen LogP contribution in [0.3, 0.4) is 0 Å². The number of nitrogens with zero attached hydrogens (tertiary/aromatic N) is 4. The molecule has 0 N–H and O–H groups in total. The van der Waals surface area contributed by atoms with Gasteiger partial charge in [-0.2, -0.15) is 0 Å². The number of morpholine rings is 1. The molecule has 0 aliphatic carbocycles. The number of fused-ring (bicyclic) bond motifs is 1. The van der Waals surface area contributed by atoms with Gasteiger partial charge in [0.15, 0.2) is 22.7 Å². The van der Waals surface area contributed by atoms with Gasteiger partial charge in [-0.1, -0.05) is 0 Å². The summed E-state index contributed by atoms with van der Waals surface area (Å²) >= 11 is 0. The molecule has 0 saturated carbocycles. The number of hydrogen-bond acceptors (Lipinski definition) is 7. The van der Waals surface area contributed by atoms with Crippen molar-refractivity contribution in [3.8, 4) is 0 Å². The highest BCUT2D eigenvalue weighted by Crippen LogP contribution is 2.27. The normalized spacial score (nSPS) is 19.9. The smallest absolute Gasteiger partial charge is 0.200 e. The zero-order chi connectivity index (χ0) is 16.5. The molecule has 0 bridgehead atoms. The van der Waals surface area contributed by atoms with Crippen LogP contribution in [-0.4, -0.2) is 69.4 Å². The molecule has 4 heterocycles. The summed E-state index contributed by atoms with van der Waals surface area (Å²) < 4.78 is 11.6. The van der Waals surface area contributed by atoms with Gasteiger partial charge in [0.1, 0.15) is 0 Å². The van der Waals surface area contributed by atoms with Crippen molar-refractivity contribution in [1.82, 2.24) is 9.88 Å². The minimum atomic E-state index is -0.0120. The van der Waals surface area contributed by atoms with Gasteiger partial charge in [-0.25, -0.2) is 4.98 Å². The molecule has 7 nitrogen and oxygen atoms in total. The van der Waals surface area contributed by atoms with Crippen LogP contribution in [0.4, 0.5) is 11.7 Å². The van der Waals surface area contributed by atoms with E-state index in [4.69, 9.17) is 9.15 Å². The van der Waals surface area contributed by atoms with Crippen LogP contribution in [0.25, 0.3) is 11.0 Å². The Hall–Kier alpha value is -2.12. The molecule has 7 heteroatoms. The Balaban J connectivity index is 1.76. The summed E-state index contributed by atoms with van der Waals surface area (Å²) in [6.45, 7) is 6.50. The molecule has 0 unspecified atom stereocenters. The summed E-state index contributed by atoms with van der Waals surface area (Å²) in [6, 6.07) is 3.34. The van der Waals surface area contributed by atoms with Crippen LogP contribution in [-0.2, 0) is 4.74 Å². The lowest BCUT2D eigenvalue weighted by Gasteiger charge is -2.33. The first kappa shape index (κ1) is 15.4. The number of hydrogen-bond donors (Lipinski definition) is 0. The molecule has 2 aromatic rings. The van der Waals surface area contributed by atoms with Gasteiger partial charge in [-0.05, 0) is 13.1 Å². The van der Waals surface area contributed by atoms with E-state index in [1.165, 1.54) is 0 Å². The van der Waals surface area contributed by atoms with Crippen molar-refractivity contribution >= 4 is 22.7 Å². The highest BCUT2D eigenvalue weighted by atomic mass is 16.5. The van der Waals surface area contributed by atoms with Crippen LogP contribution < -0.4 is 15.2 Å². The predicted molar refractivity (Wildman–Crippen MR) is 93.0 cm³/mol. The summed E-state index contributed by atoms with van der Waals surface area (Å²) in [6.07, 6.45) is 1.68. The van der Waals surface area contributed by atoms with Crippen LogP contribution in [0.5, 0.6) is 0 Å². The van der Waals surface area contributed by atoms with Gasteiger partial charge in [-0.15, -0.1) is 0 Å². The fraction of sp³-hybridized carbons (Fsp3) is 0.529. The first-order valence-electron chi connectivity index (χ1n) is 8.41. The van der Waals surface area contributed by atoms with Gasteiger partial charge in [-0.3, -0.25) is 4.79 Å². The SMILES string of the molecule is CN1CCN(c2cc(=O)c3ccnc(N4CCOCC4)c3o2)CC1. The summed E-state index contributed by atoms with van der Waals surface area (Å²) in [4.78, 5) is 23.6. The van der Waals surface area contributed by atoms with E-state index in [2.05, 4.69) is 26.7 Å². The maximum absolute atomic E-state index is 12.6. The summed E-state index contributed by atoms with van der Waals surface area (Å²) in [7, 11) is 2.11. The highest BCUT2D eigenvalue weighted by molar-refractivity contribution is 5.87. The Kier molecular flexibility index (Phi) is 4.12. The molecule has 2 aliphatic heterocycles. The van der Waals surface area contributed by atoms with Gasteiger partial charge < -0.3 is 23.9 Å². The quantitative estimate of drug-likeness (QED) is 0.806. The highest BCUT2D eigenvalue weighted by Gasteiger charge is 2.21. The minimum absolute atomic E-state index is 0.0120. The molecule has 0 aromatic carbocycles. The third kappa shape index (κ3) is 2.85. The molecule has 128 valence electrons. The van der Waals surface area contributed by atoms with Crippen LogP contribution in [0.2, 0.25) is 0 Å². The van der Waals surface area contributed by atoms with E-state index in [9.17, 15) is 4.79 Å². The number of likely N-dealkylation sites (N-methyl/N-ethyl adjacent to an activating group) is 1. The predicted octanol–water partition coefficient (Wildman–Crippen LogP) is 0.776. The van der Waals surface area contributed by atoms with Crippen molar-refractivity contribution in [2.45, 2.75) is 0 Å². The Morgan fingerprint density at radius 2 is 1.79 bits per heavy atom. The van der Waals surface area contributed by atoms with Crippen molar-refractivity contribution in [1.29, 1.82) is 0 Å². The van der Waals surface area contributed by atoms with Gasteiger partial charge in [0.2, 0.25) is 0 Å². The molecule has 0 spiro atoms. The lowest BCUT2D eigenvalue weighted by molar-refractivity contribution is 0.122. The van der Waals surface area contributed by atoms with E-state index >= 15 is 0 Å². The Bertz CT molecular complexity index is 777. The van der Waals surface area contributed by atoms with E-state index in [0.717, 1.165) is 45.1 Å². The maximum Gasteiger partial charge on any atom is 0.200 e. The van der Waals surface area contributed by atoms with Gasteiger partial charge in [0, 0.05) is 51.5 Å². The molecule has 0 atom stereocenters. The molecule has 2 aromatic heterocycles. The topological polar surface area (TPSA) is 62.0 Å². The van der Waals surface area contributed by atoms with E-state index in [0.29, 0.717) is 30.1 Å². The van der Waals surface area contributed by atoms with Crippen molar-refractivity contribution < 1.29 is 9.15 Å². The van der Waals surface area contributed by atoms with Gasteiger partial charge in [0.05, 0.1) is 18.6 Å². The lowest BCUT2D eigenvalue weighted by Crippen LogP contribution is -2.44. The first-order valence-corrected chi connectivity index (χ1v) is 8.41. The summed E-state index contributed by atoms with van der Waals surface area (Å²) in [5.41, 5.74) is 0.572. The van der Waals surface area contributed by atoms with Gasteiger partial charge >= 0.3 is 0 Å². The van der Waals surface area contributed by atoms with Gasteiger partial charge in [0.25, 0.3) is 0 Å². The third-order valence-electron chi connectivity index (χ3n) is 4.74. The summed E-state index contributed by atoms with van der Waals surface area (Å²) in [5, 5.41) is 0.587. The monoisotopic (exact) mass is 330 g/mol. The zero-order valence-electron chi connectivity index (χ0n) is 13.9. The Labute approximate surface area is 140 Å². The number of aromatic nitrogens is 1. The fourth-order valence-electron chi connectivity index (χ4n) is 3.24. The maximum atomic E-state index is 12.6. The van der Waals surface area contributed by atoms with Crippen molar-refractivity contribution in [3.63, 3.8) is 0 Å². The molecule has 2 fully saturated rings. The average molecular weight is 330 g/mol. The minimum Gasteiger partial charge on any atom is -0.436 e. The van der Waals surface area contributed by atoms with Crippen LogP contribution in [0, 0.1) is 0 Å².